The van der Waals surface area contributed by atoms with E-state index in [2.05, 4.69) is 5.32 Å². The predicted octanol–water partition coefficient (Wildman–Crippen LogP) is 4.22. The van der Waals surface area contributed by atoms with Crippen molar-refractivity contribution < 1.29 is 22.7 Å². The Bertz CT molecular complexity index is 1200. The molecule has 7 nitrogen and oxygen atoms in total. The van der Waals surface area contributed by atoms with E-state index in [1.165, 1.54) is 4.31 Å². The number of carbonyl (C=O) groups excluding carboxylic acids is 1. The number of fused-ring (bicyclic) bond motifs is 2. The Balaban J connectivity index is 1.64. The zero-order chi connectivity index (χ0) is 25.5. The summed E-state index contributed by atoms with van der Waals surface area (Å²) in [6.45, 7) is 4.20. The molecule has 2 aromatic carbocycles. The van der Waals surface area contributed by atoms with Gasteiger partial charge < -0.3 is 14.8 Å². The third kappa shape index (κ3) is 4.03. The molecule has 2 saturated heterocycles. The number of carbonyl (C=O) groups is 1. The van der Waals surface area contributed by atoms with Gasteiger partial charge in [-0.25, -0.2) is 8.42 Å². The Morgan fingerprint density at radius 1 is 1.08 bits per heavy atom. The lowest BCUT2D eigenvalue weighted by molar-refractivity contribution is -0.152. The molecule has 5 rings (SSSR count). The number of ether oxygens (including phenoxy) is 2. The second kappa shape index (κ2) is 9.80. The fraction of sp³-hybridized carbons (Fsp3) is 0.536. The van der Waals surface area contributed by atoms with Crippen molar-refractivity contribution in [2.24, 2.45) is 11.3 Å². The Morgan fingerprint density at radius 2 is 1.78 bits per heavy atom. The number of rotatable bonds is 6. The van der Waals surface area contributed by atoms with E-state index in [4.69, 9.17) is 9.47 Å². The van der Waals surface area contributed by atoms with Crippen LogP contribution in [0, 0.1) is 18.3 Å². The van der Waals surface area contributed by atoms with Crippen LogP contribution in [0.4, 0.5) is 0 Å². The Kier molecular flexibility index (Phi) is 6.87. The van der Waals surface area contributed by atoms with Crippen molar-refractivity contribution in [3.8, 4) is 5.75 Å². The van der Waals surface area contributed by atoms with Crippen LogP contribution < -0.4 is 10.1 Å². The zero-order valence-electron chi connectivity index (χ0n) is 21.3. The molecule has 1 N–H and O–H groups in total. The maximum atomic E-state index is 14.0. The summed E-state index contributed by atoms with van der Waals surface area (Å²) in [5, 5.41) is 3.86. The van der Waals surface area contributed by atoms with Gasteiger partial charge >= 0.3 is 5.97 Å². The first-order chi connectivity index (χ1) is 17.3. The molecule has 194 valence electrons. The van der Waals surface area contributed by atoms with Gasteiger partial charge in [0.15, 0.2) is 0 Å². The summed E-state index contributed by atoms with van der Waals surface area (Å²) in [7, 11) is -2.26. The van der Waals surface area contributed by atoms with Gasteiger partial charge in [-0.1, -0.05) is 42.7 Å². The van der Waals surface area contributed by atoms with Gasteiger partial charge in [0.2, 0.25) is 10.0 Å². The Labute approximate surface area is 214 Å². The molecule has 0 amide bonds. The van der Waals surface area contributed by atoms with Crippen LogP contribution in [0.3, 0.4) is 0 Å². The largest absolute Gasteiger partial charge is 0.497 e. The molecular formula is C28H36N2O5S. The Hall–Kier alpha value is -2.42. The van der Waals surface area contributed by atoms with Crippen molar-refractivity contribution in [3.05, 3.63) is 59.7 Å². The molecule has 5 atom stereocenters. The van der Waals surface area contributed by atoms with Crippen molar-refractivity contribution >= 4 is 16.0 Å². The molecule has 2 aromatic rings. The van der Waals surface area contributed by atoms with E-state index in [9.17, 15) is 13.2 Å². The van der Waals surface area contributed by atoms with Gasteiger partial charge in [-0.05, 0) is 68.9 Å². The van der Waals surface area contributed by atoms with Gasteiger partial charge in [0.1, 0.15) is 11.8 Å². The lowest BCUT2D eigenvalue weighted by Crippen LogP contribution is -2.53. The molecule has 8 heteroatoms. The molecule has 5 unspecified atom stereocenters. The number of methoxy groups -OCH3 is 1. The van der Waals surface area contributed by atoms with Gasteiger partial charge in [-0.3, -0.25) is 4.79 Å². The van der Waals surface area contributed by atoms with E-state index in [0.29, 0.717) is 6.42 Å². The van der Waals surface area contributed by atoms with Crippen molar-refractivity contribution in [1.82, 2.24) is 9.62 Å². The molecule has 2 aliphatic heterocycles. The zero-order valence-corrected chi connectivity index (χ0v) is 22.1. The lowest BCUT2D eigenvalue weighted by atomic mass is 9.62. The molecule has 3 aliphatic rings. The SMILES string of the molecule is CCOC(=O)C1N(S(=O)(=O)c2ccc(C)cc2)CCC12C(c1ccc(OC)cc1)NC1CCCCC12. The number of hydrogen-bond donors (Lipinski definition) is 1. The molecule has 1 spiro atoms. The summed E-state index contributed by atoms with van der Waals surface area (Å²) in [5.41, 5.74) is 1.44. The number of sulfonamides is 1. The van der Waals surface area contributed by atoms with Crippen LogP contribution in [-0.4, -0.2) is 51.0 Å². The normalized spacial score (nSPS) is 30.3. The number of nitrogens with zero attached hydrogens (tertiary/aromatic N) is 1. The van der Waals surface area contributed by atoms with Crippen molar-refractivity contribution in [1.29, 1.82) is 0 Å². The van der Waals surface area contributed by atoms with Crippen LogP contribution in [-0.2, 0) is 19.6 Å². The second-order valence-electron chi connectivity index (χ2n) is 10.3. The first-order valence-corrected chi connectivity index (χ1v) is 14.4. The van der Waals surface area contributed by atoms with Crippen molar-refractivity contribution in [2.75, 3.05) is 20.3 Å². The quantitative estimate of drug-likeness (QED) is 0.584. The van der Waals surface area contributed by atoms with E-state index < -0.39 is 27.4 Å². The van der Waals surface area contributed by atoms with E-state index in [1.807, 2.05) is 31.2 Å². The van der Waals surface area contributed by atoms with Gasteiger partial charge in [0.25, 0.3) is 0 Å². The topological polar surface area (TPSA) is 84.9 Å². The first-order valence-electron chi connectivity index (χ1n) is 13.0. The molecule has 2 heterocycles. The number of nitrogens with one attached hydrogen (secondary N) is 1. The van der Waals surface area contributed by atoms with Gasteiger partial charge in [0.05, 0.1) is 18.6 Å². The van der Waals surface area contributed by atoms with Crippen LogP contribution >= 0.6 is 0 Å². The van der Waals surface area contributed by atoms with Gasteiger partial charge in [-0.15, -0.1) is 0 Å². The molecule has 36 heavy (non-hydrogen) atoms. The van der Waals surface area contributed by atoms with E-state index >= 15 is 0 Å². The molecule has 0 radical (unpaired) electrons. The van der Waals surface area contributed by atoms with Gasteiger partial charge in [0, 0.05) is 24.0 Å². The summed E-state index contributed by atoms with van der Waals surface area (Å²) in [5.74, 6) is 0.503. The van der Waals surface area contributed by atoms with E-state index in [-0.39, 0.29) is 36.0 Å². The van der Waals surface area contributed by atoms with Crippen molar-refractivity contribution in [3.63, 3.8) is 0 Å². The molecular weight excluding hydrogens is 476 g/mol. The maximum absolute atomic E-state index is 14.0. The third-order valence-corrected chi connectivity index (χ3v) is 10.4. The molecule has 0 aromatic heterocycles. The molecule has 1 saturated carbocycles. The van der Waals surface area contributed by atoms with Crippen LogP contribution in [0.15, 0.2) is 53.4 Å². The molecule has 3 fully saturated rings. The highest BCUT2D eigenvalue weighted by Crippen LogP contribution is 2.61. The van der Waals surface area contributed by atoms with E-state index in [0.717, 1.165) is 42.6 Å². The lowest BCUT2D eigenvalue weighted by Gasteiger charge is -2.43. The van der Waals surface area contributed by atoms with E-state index in [1.54, 1.807) is 38.3 Å². The summed E-state index contributed by atoms with van der Waals surface area (Å²) in [6.07, 6.45) is 4.82. The minimum Gasteiger partial charge on any atom is -0.497 e. The number of aryl methyl sites for hydroxylation is 1. The highest BCUT2D eigenvalue weighted by atomic mass is 32.2. The van der Waals surface area contributed by atoms with Crippen LogP contribution in [0.25, 0.3) is 0 Å². The summed E-state index contributed by atoms with van der Waals surface area (Å²) in [6, 6.07) is 14.0. The average molecular weight is 513 g/mol. The number of hydrogen-bond acceptors (Lipinski definition) is 6. The second-order valence-corrected chi connectivity index (χ2v) is 12.2. The fourth-order valence-electron chi connectivity index (χ4n) is 6.95. The minimum atomic E-state index is -3.90. The average Bonchev–Trinajstić information content (AvgIpc) is 3.45. The Morgan fingerprint density at radius 3 is 2.44 bits per heavy atom. The smallest absolute Gasteiger partial charge is 0.325 e. The summed E-state index contributed by atoms with van der Waals surface area (Å²) >= 11 is 0. The fourth-order valence-corrected chi connectivity index (χ4v) is 8.59. The monoisotopic (exact) mass is 512 g/mol. The third-order valence-electron chi connectivity index (χ3n) is 8.52. The number of benzene rings is 2. The van der Waals surface area contributed by atoms with Crippen molar-refractivity contribution in [2.45, 2.75) is 69.0 Å². The number of esters is 1. The predicted molar refractivity (Wildman–Crippen MR) is 137 cm³/mol. The van der Waals surface area contributed by atoms with Crippen LogP contribution in [0.1, 0.15) is 56.2 Å². The highest BCUT2D eigenvalue weighted by molar-refractivity contribution is 7.89. The summed E-state index contributed by atoms with van der Waals surface area (Å²) < 4.78 is 40.4. The van der Waals surface area contributed by atoms with Crippen LogP contribution in [0.5, 0.6) is 5.75 Å². The first kappa shape index (κ1) is 25.2. The minimum absolute atomic E-state index is 0.163. The standard InChI is InChI=1S/C28H36N2O5S/c1-4-35-27(31)26-28(17-18-30(26)36(32,33)22-15-9-19(2)10-16-22)23-7-5-6-8-24(23)29-25(28)20-11-13-21(34-3)14-12-20/h9-16,23-26,29H,4-8,17-18H2,1-3H3. The maximum Gasteiger partial charge on any atom is 0.325 e. The summed E-state index contributed by atoms with van der Waals surface area (Å²) in [4.78, 5) is 13.9. The van der Waals surface area contributed by atoms with Crippen LogP contribution in [0.2, 0.25) is 0 Å². The molecule has 0 bridgehead atoms. The molecule has 1 aliphatic carbocycles. The van der Waals surface area contributed by atoms with Gasteiger partial charge in [-0.2, -0.15) is 4.31 Å². The highest BCUT2D eigenvalue weighted by Gasteiger charge is 2.67.